The fraction of sp³-hybridized carbons (Fsp3) is 0.133. The van der Waals surface area contributed by atoms with Crippen LogP contribution in [-0.4, -0.2) is 9.97 Å². The largest absolute Gasteiger partial charge is 0.333 e. The minimum absolute atomic E-state index is 0.247. The average molecular weight is 287 g/mol. The fourth-order valence-corrected chi connectivity index (χ4v) is 2.99. The zero-order valence-corrected chi connectivity index (χ0v) is 11.6. The summed E-state index contributed by atoms with van der Waals surface area (Å²) in [4.78, 5) is 7.76. The Bertz CT molecular complexity index is 706. The SMILES string of the molecule is NCc1cc(F)ccc1CSc1nc2ccccc2[nH]1. The van der Waals surface area contributed by atoms with Gasteiger partial charge >= 0.3 is 0 Å². The predicted octanol–water partition coefficient (Wildman–Crippen LogP) is 3.45. The molecule has 0 aliphatic carbocycles. The van der Waals surface area contributed by atoms with Gasteiger partial charge in [0.2, 0.25) is 0 Å². The van der Waals surface area contributed by atoms with E-state index in [1.807, 2.05) is 24.3 Å². The molecule has 0 aliphatic rings. The number of halogens is 1. The van der Waals surface area contributed by atoms with Crippen molar-refractivity contribution in [2.24, 2.45) is 5.73 Å². The van der Waals surface area contributed by atoms with E-state index in [9.17, 15) is 4.39 Å². The highest BCUT2D eigenvalue weighted by Gasteiger charge is 2.06. The Hall–Kier alpha value is -1.85. The zero-order valence-electron chi connectivity index (χ0n) is 10.8. The molecule has 0 bridgehead atoms. The van der Waals surface area contributed by atoms with E-state index in [1.165, 1.54) is 12.1 Å². The van der Waals surface area contributed by atoms with Crippen LogP contribution in [0, 0.1) is 5.82 Å². The molecule has 0 saturated heterocycles. The Morgan fingerprint density at radius 1 is 1.15 bits per heavy atom. The summed E-state index contributed by atoms with van der Waals surface area (Å²) in [7, 11) is 0. The Labute approximate surface area is 120 Å². The third-order valence-corrected chi connectivity index (χ3v) is 4.04. The van der Waals surface area contributed by atoms with Crippen LogP contribution in [0.3, 0.4) is 0 Å². The number of benzene rings is 2. The predicted molar refractivity (Wildman–Crippen MR) is 79.9 cm³/mol. The Balaban J connectivity index is 1.79. The minimum Gasteiger partial charge on any atom is -0.333 e. The third kappa shape index (κ3) is 2.69. The van der Waals surface area contributed by atoms with Gasteiger partial charge in [0, 0.05) is 12.3 Å². The van der Waals surface area contributed by atoms with Gasteiger partial charge in [-0.25, -0.2) is 9.37 Å². The van der Waals surface area contributed by atoms with Crippen molar-refractivity contribution < 1.29 is 4.39 Å². The van der Waals surface area contributed by atoms with E-state index in [2.05, 4.69) is 9.97 Å². The van der Waals surface area contributed by atoms with Crippen LogP contribution in [0.15, 0.2) is 47.6 Å². The number of nitrogens with zero attached hydrogens (tertiary/aromatic N) is 1. The summed E-state index contributed by atoms with van der Waals surface area (Å²) in [5.41, 5.74) is 9.51. The smallest absolute Gasteiger partial charge is 0.166 e. The molecule has 102 valence electrons. The van der Waals surface area contributed by atoms with Gasteiger partial charge in [-0.1, -0.05) is 30.0 Å². The molecule has 0 radical (unpaired) electrons. The van der Waals surface area contributed by atoms with Crippen molar-refractivity contribution in [3.8, 4) is 0 Å². The van der Waals surface area contributed by atoms with Crippen LogP contribution in [0.4, 0.5) is 4.39 Å². The molecule has 0 aliphatic heterocycles. The van der Waals surface area contributed by atoms with Gasteiger partial charge in [-0.15, -0.1) is 0 Å². The van der Waals surface area contributed by atoms with Crippen molar-refractivity contribution in [1.29, 1.82) is 0 Å². The monoisotopic (exact) mass is 287 g/mol. The summed E-state index contributed by atoms with van der Waals surface area (Å²) in [6.45, 7) is 0.341. The summed E-state index contributed by atoms with van der Waals surface area (Å²) < 4.78 is 13.2. The molecule has 20 heavy (non-hydrogen) atoms. The number of aromatic nitrogens is 2. The number of nitrogens with one attached hydrogen (secondary N) is 1. The number of hydrogen-bond acceptors (Lipinski definition) is 3. The van der Waals surface area contributed by atoms with E-state index in [0.29, 0.717) is 12.3 Å². The Kier molecular flexibility index (Phi) is 3.71. The van der Waals surface area contributed by atoms with Gasteiger partial charge in [-0.05, 0) is 35.4 Å². The van der Waals surface area contributed by atoms with Crippen molar-refractivity contribution in [2.75, 3.05) is 0 Å². The second kappa shape index (κ2) is 5.64. The van der Waals surface area contributed by atoms with Crippen molar-refractivity contribution in [3.05, 3.63) is 59.4 Å². The van der Waals surface area contributed by atoms with Crippen molar-refractivity contribution in [3.63, 3.8) is 0 Å². The number of para-hydroxylation sites is 2. The lowest BCUT2D eigenvalue weighted by Gasteiger charge is -2.06. The van der Waals surface area contributed by atoms with Crippen LogP contribution in [0.2, 0.25) is 0 Å². The Morgan fingerprint density at radius 2 is 2.00 bits per heavy atom. The van der Waals surface area contributed by atoms with E-state index < -0.39 is 0 Å². The van der Waals surface area contributed by atoms with Gasteiger partial charge in [-0.3, -0.25) is 0 Å². The molecule has 3 nitrogen and oxygen atoms in total. The molecule has 3 aromatic rings. The maximum Gasteiger partial charge on any atom is 0.166 e. The second-order valence-corrected chi connectivity index (χ2v) is 5.43. The summed E-state index contributed by atoms with van der Waals surface area (Å²) >= 11 is 1.59. The first-order valence-corrected chi connectivity index (χ1v) is 7.30. The van der Waals surface area contributed by atoms with Gasteiger partial charge < -0.3 is 10.7 Å². The number of nitrogens with two attached hydrogens (primary N) is 1. The van der Waals surface area contributed by atoms with Gasteiger partial charge in [0.1, 0.15) is 5.82 Å². The number of imidazole rings is 1. The highest BCUT2D eigenvalue weighted by molar-refractivity contribution is 7.98. The van der Waals surface area contributed by atoms with Crippen molar-refractivity contribution >= 4 is 22.8 Å². The van der Waals surface area contributed by atoms with E-state index in [0.717, 1.165) is 27.3 Å². The normalized spacial score (nSPS) is 11.1. The maximum atomic E-state index is 13.2. The first-order valence-electron chi connectivity index (χ1n) is 6.31. The molecule has 0 amide bonds. The number of fused-ring (bicyclic) bond motifs is 1. The molecule has 3 rings (SSSR count). The van der Waals surface area contributed by atoms with Gasteiger partial charge in [0.05, 0.1) is 11.0 Å². The second-order valence-electron chi connectivity index (χ2n) is 4.46. The number of hydrogen-bond donors (Lipinski definition) is 2. The molecule has 5 heteroatoms. The van der Waals surface area contributed by atoms with Crippen molar-refractivity contribution in [2.45, 2.75) is 17.5 Å². The average Bonchev–Trinajstić information content (AvgIpc) is 2.88. The first kappa shape index (κ1) is 13.1. The molecular weight excluding hydrogens is 273 g/mol. The standard InChI is InChI=1S/C15H14FN3S/c16-12-6-5-10(11(7-12)8-17)9-20-15-18-13-3-1-2-4-14(13)19-15/h1-7H,8-9,17H2,(H,18,19). The summed E-state index contributed by atoms with van der Waals surface area (Å²) in [5, 5.41) is 0.860. The quantitative estimate of drug-likeness (QED) is 0.723. The Morgan fingerprint density at radius 3 is 2.80 bits per heavy atom. The van der Waals surface area contributed by atoms with E-state index in [1.54, 1.807) is 17.8 Å². The van der Waals surface area contributed by atoms with Crippen LogP contribution in [0.25, 0.3) is 11.0 Å². The molecule has 3 N–H and O–H groups in total. The highest BCUT2D eigenvalue weighted by atomic mass is 32.2. The number of H-pyrrole nitrogens is 1. The van der Waals surface area contributed by atoms with E-state index in [-0.39, 0.29) is 5.82 Å². The molecule has 0 saturated carbocycles. The van der Waals surface area contributed by atoms with Crippen LogP contribution in [-0.2, 0) is 12.3 Å². The lowest BCUT2D eigenvalue weighted by molar-refractivity contribution is 0.624. The van der Waals surface area contributed by atoms with Gasteiger partial charge in [0.15, 0.2) is 5.16 Å². The minimum atomic E-state index is -0.247. The number of aromatic amines is 1. The van der Waals surface area contributed by atoms with Crippen LogP contribution >= 0.6 is 11.8 Å². The van der Waals surface area contributed by atoms with Gasteiger partial charge in [0.25, 0.3) is 0 Å². The summed E-state index contributed by atoms with van der Waals surface area (Å²) in [6, 6.07) is 12.6. The molecule has 1 aromatic heterocycles. The maximum absolute atomic E-state index is 13.2. The van der Waals surface area contributed by atoms with Crippen LogP contribution < -0.4 is 5.73 Å². The lowest BCUT2D eigenvalue weighted by Crippen LogP contribution is -2.01. The zero-order chi connectivity index (χ0) is 13.9. The molecule has 1 heterocycles. The van der Waals surface area contributed by atoms with E-state index in [4.69, 9.17) is 5.73 Å². The fourth-order valence-electron chi connectivity index (χ4n) is 2.07. The topological polar surface area (TPSA) is 54.7 Å². The van der Waals surface area contributed by atoms with Crippen molar-refractivity contribution in [1.82, 2.24) is 9.97 Å². The molecule has 0 atom stereocenters. The highest BCUT2D eigenvalue weighted by Crippen LogP contribution is 2.24. The number of thioether (sulfide) groups is 1. The molecule has 0 spiro atoms. The summed E-state index contributed by atoms with van der Waals surface area (Å²) in [6.07, 6.45) is 0. The van der Waals surface area contributed by atoms with Gasteiger partial charge in [-0.2, -0.15) is 0 Å². The molecule has 0 unspecified atom stereocenters. The van der Waals surface area contributed by atoms with E-state index >= 15 is 0 Å². The van der Waals surface area contributed by atoms with Crippen LogP contribution in [0.5, 0.6) is 0 Å². The molecule has 0 fully saturated rings. The molecular formula is C15H14FN3S. The number of rotatable bonds is 4. The third-order valence-electron chi connectivity index (χ3n) is 3.12. The van der Waals surface area contributed by atoms with Crippen LogP contribution in [0.1, 0.15) is 11.1 Å². The first-order chi connectivity index (χ1) is 9.76. The molecule has 2 aromatic carbocycles. The lowest BCUT2D eigenvalue weighted by atomic mass is 10.1. The summed E-state index contributed by atoms with van der Waals surface area (Å²) in [5.74, 6) is 0.468.